The van der Waals surface area contributed by atoms with Gasteiger partial charge >= 0.3 is 0 Å². The number of sulfonamides is 1. The Hall–Kier alpha value is -2.45. The first-order valence-electron chi connectivity index (χ1n) is 10.7. The molecule has 166 valence electrons. The largest absolute Gasteiger partial charge is 0.368 e. The number of piperidine rings is 1. The second-order valence-corrected chi connectivity index (χ2v) is 10.2. The molecule has 2 aliphatic heterocycles. The first kappa shape index (κ1) is 21.8. The Kier molecular flexibility index (Phi) is 6.29. The van der Waals surface area contributed by atoms with Crippen molar-refractivity contribution in [2.75, 3.05) is 44.2 Å². The zero-order valence-corrected chi connectivity index (χ0v) is 18.5. The number of carbonyl (C=O) groups excluding carboxylic acids is 1. The molecule has 2 fully saturated rings. The number of aryl methyl sites for hydroxylation is 1. The van der Waals surface area contributed by atoms with Crippen molar-refractivity contribution < 1.29 is 17.6 Å². The average Bonchev–Trinajstić information content (AvgIpc) is 2.80. The number of rotatable bonds is 4. The molecule has 4 rings (SSSR count). The molecule has 0 radical (unpaired) electrons. The third-order valence-electron chi connectivity index (χ3n) is 6.18. The van der Waals surface area contributed by atoms with E-state index in [0.29, 0.717) is 45.6 Å². The maximum absolute atomic E-state index is 13.2. The van der Waals surface area contributed by atoms with Gasteiger partial charge in [-0.05, 0) is 56.2 Å². The molecular weight excluding hydrogens is 417 g/mol. The molecule has 0 N–H and O–H groups in total. The van der Waals surface area contributed by atoms with Crippen molar-refractivity contribution in [1.82, 2.24) is 9.21 Å². The van der Waals surface area contributed by atoms with E-state index in [4.69, 9.17) is 0 Å². The number of piperazine rings is 1. The minimum absolute atomic E-state index is 0.0302. The van der Waals surface area contributed by atoms with Crippen LogP contribution in [0.25, 0.3) is 0 Å². The number of carbonyl (C=O) groups is 1. The standard InChI is InChI=1S/C23H28FN3O3S/c1-18-4-10-22(11-5-18)31(29,30)27-12-2-3-19(17-27)23(28)26-15-13-25(14-16-26)21-8-6-20(24)7-9-21/h4-11,19H,2-3,12-17H2,1H3/t19-/m1/s1. The van der Waals surface area contributed by atoms with Crippen molar-refractivity contribution in [3.63, 3.8) is 0 Å². The Morgan fingerprint density at radius 3 is 2.23 bits per heavy atom. The fourth-order valence-electron chi connectivity index (χ4n) is 4.32. The zero-order chi connectivity index (χ0) is 22.0. The molecule has 0 aromatic heterocycles. The van der Waals surface area contributed by atoms with Crippen LogP contribution in [-0.4, -0.2) is 62.8 Å². The number of hydrogen-bond acceptors (Lipinski definition) is 4. The molecule has 8 heteroatoms. The van der Waals surface area contributed by atoms with E-state index in [1.54, 1.807) is 36.4 Å². The molecule has 0 spiro atoms. The van der Waals surface area contributed by atoms with Gasteiger partial charge in [-0.15, -0.1) is 0 Å². The molecule has 31 heavy (non-hydrogen) atoms. The molecule has 1 atom stereocenters. The predicted octanol–water partition coefficient (Wildman–Crippen LogP) is 2.88. The highest BCUT2D eigenvalue weighted by molar-refractivity contribution is 7.89. The summed E-state index contributed by atoms with van der Waals surface area (Å²) in [6.07, 6.45) is 1.38. The Morgan fingerprint density at radius 2 is 1.58 bits per heavy atom. The summed E-state index contributed by atoms with van der Waals surface area (Å²) in [4.78, 5) is 17.4. The fraction of sp³-hybridized carbons (Fsp3) is 0.435. The van der Waals surface area contributed by atoms with Crippen molar-refractivity contribution in [1.29, 1.82) is 0 Å². The van der Waals surface area contributed by atoms with Gasteiger partial charge < -0.3 is 9.80 Å². The molecule has 2 heterocycles. The number of benzene rings is 2. The molecule has 0 saturated carbocycles. The van der Waals surface area contributed by atoms with Crippen molar-refractivity contribution in [2.45, 2.75) is 24.7 Å². The van der Waals surface area contributed by atoms with Crippen LogP contribution in [0.1, 0.15) is 18.4 Å². The normalized spacial score (nSPS) is 20.6. The summed E-state index contributed by atoms with van der Waals surface area (Å²) in [5.74, 6) is -0.547. The smallest absolute Gasteiger partial charge is 0.243 e. The van der Waals surface area contributed by atoms with E-state index < -0.39 is 10.0 Å². The summed E-state index contributed by atoms with van der Waals surface area (Å²) in [6, 6.07) is 13.2. The van der Waals surface area contributed by atoms with Gasteiger partial charge in [-0.25, -0.2) is 12.8 Å². The molecule has 2 saturated heterocycles. The third-order valence-corrected chi connectivity index (χ3v) is 8.05. The summed E-state index contributed by atoms with van der Waals surface area (Å²) < 4.78 is 40.7. The van der Waals surface area contributed by atoms with E-state index in [1.165, 1.54) is 16.4 Å². The van der Waals surface area contributed by atoms with Crippen molar-refractivity contribution in [2.24, 2.45) is 5.92 Å². The molecule has 0 aliphatic carbocycles. The van der Waals surface area contributed by atoms with Gasteiger partial charge in [0.05, 0.1) is 10.8 Å². The molecule has 1 amide bonds. The summed E-state index contributed by atoms with van der Waals surface area (Å²) in [7, 11) is -3.60. The van der Waals surface area contributed by atoms with Gasteiger partial charge in [-0.2, -0.15) is 4.31 Å². The molecule has 0 bridgehead atoms. The van der Waals surface area contributed by atoms with E-state index in [9.17, 15) is 17.6 Å². The number of hydrogen-bond donors (Lipinski definition) is 0. The lowest BCUT2D eigenvalue weighted by molar-refractivity contribution is -0.137. The van der Waals surface area contributed by atoms with E-state index in [0.717, 1.165) is 11.3 Å². The highest BCUT2D eigenvalue weighted by Crippen LogP contribution is 2.26. The zero-order valence-electron chi connectivity index (χ0n) is 17.7. The number of halogens is 1. The summed E-state index contributed by atoms with van der Waals surface area (Å²) in [5, 5.41) is 0. The Morgan fingerprint density at radius 1 is 0.935 bits per heavy atom. The molecule has 2 aromatic carbocycles. The Labute approximate surface area is 183 Å². The minimum atomic E-state index is -3.60. The highest BCUT2D eigenvalue weighted by Gasteiger charge is 2.35. The number of anilines is 1. The lowest BCUT2D eigenvalue weighted by Crippen LogP contribution is -2.53. The SMILES string of the molecule is Cc1ccc(S(=O)(=O)N2CCC[C@@H](C(=O)N3CCN(c4ccc(F)cc4)CC3)C2)cc1. The van der Waals surface area contributed by atoms with Crippen LogP contribution in [0.3, 0.4) is 0 Å². The lowest BCUT2D eigenvalue weighted by Gasteiger charge is -2.39. The van der Waals surface area contributed by atoms with E-state index in [1.807, 2.05) is 11.8 Å². The Bertz CT molecular complexity index is 1020. The third kappa shape index (κ3) is 4.75. The Balaban J connectivity index is 1.38. The first-order valence-corrected chi connectivity index (χ1v) is 12.1. The quantitative estimate of drug-likeness (QED) is 0.726. The van der Waals surface area contributed by atoms with Crippen LogP contribution in [0.5, 0.6) is 0 Å². The van der Waals surface area contributed by atoms with Gasteiger partial charge in [0, 0.05) is 45.0 Å². The van der Waals surface area contributed by atoms with Gasteiger partial charge in [0.1, 0.15) is 5.82 Å². The molecule has 0 unspecified atom stereocenters. The molecule has 2 aliphatic rings. The monoisotopic (exact) mass is 445 g/mol. The van der Waals surface area contributed by atoms with Crippen LogP contribution in [-0.2, 0) is 14.8 Å². The molecule has 2 aromatic rings. The first-order chi connectivity index (χ1) is 14.8. The second-order valence-electron chi connectivity index (χ2n) is 8.30. The topological polar surface area (TPSA) is 60.9 Å². The van der Waals surface area contributed by atoms with Crippen molar-refractivity contribution in [3.05, 3.63) is 59.9 Å². The van der Waals surface area contributed by atoms with E-state index in [2.05, 4.69) is 4.90 Å². The van der Waals surface area contributed by atoms with Crippen molar-refractivity contribution >= 4 is 21.6 Å². The van der Waals surface area contributed by atoms with Gasteiger partial charge in [0.25, 0.3) is 0 Å². The van der Waals surface area contributed by atoms with E-state index >= 15 is 0 Å². The maximum Gasteiger partial charge on any atom is 0.243 e. The van der Waals surface area contributed by atoms with Crippen LogP contribution in [0.15, 0.2) is 53.4 Å². The van der Waals surface area contributed by atoms with Gasteiger partial charge in [0.2, 0.25) is 15.9 Å². The van der Waals surface area contributed by atoms with Crippen LogP contribution < -0.4 is 4.90 Å². The van der Waals surface area contributed by atoms with Crippen LogP contribution in [0.2, 0.25) is 0 Å². The second kappa shape index (κ2) is 8.96. The summed E-state index contributed by atoms with van der Waals surface area (Å²) >= 11 is 0. The molecular formula is C23H28FN3O3S. The molecule has 6 nitrogen and oxygen atoms in total. The van der Waals surface area contributed by atoms with Crippen LogP contribution in [0.4, 0.5) is 10.1 Å². The van der Waals surface area contributed by atoms with Gasteiger partial charge in [-0.3, -0.25) is 4.79 Å². The summed E-state index contributed by atoms with van der Waals surface area (Å²) in [5.41, 5.74) is 1.95. The average molecular weight is 446 g/mol. The van der Waals surface area contributed by atoms with Crippen LogP contribution >= 0.6 is 0 Å². The van der Waals surface area contributed by atoms with Crippen molar-refractivity contribution in [3.8, 4) is 0 Å². The van der Waals surface area contributed by atoms with Gasteiger partial charge in [0.15, 0.2) is 0 Å². The van der Waals surface area contributed by atoms with Crippen LogP contribution in [0, 0.1) is 18.7 Å². The van der Waals surface area contributed by atoms with E-state index in [-0.39, 0.29) is 29.1 Å². The highest BCUT2D eigenvalue weighted by atomic mass is 32.2. The number of amides is 1. The fourth-order valence-corrected chi connectivity index (χ4v) is 5.84. The predicted molar refractivity (Wildman–Crippen MR) is 118 cm³/mol. The lowest BCUT2D eigenvalue weighted by atomic mass is 9.97. The minimum Gasteiger partial charge on any atom is -0.368 e. The maximum atomic E-state index is 13.2. The number of nitrogens with zero attached hydrogens (tertiary/aromatic N) is 3. The summed E-state index contributed by atoms with van der Waals surface area (Å²) in [6.45, 7) is 5.10. The van der Waals surface area contributed by atoms with Gasteiger partial charge in [-0.1, -0.05) is 17.7 Å².